The standard InChI is InChI=1S/2C5H10S/c2*1-2-4-6-5-3-1/h2*1-5H2. The van der Waals surface area contributed by atoms with Gasteiger partial charge >= 0.3 is 0 Å². The molecule has 2 heterocycles. The first-order chi connectivity index (χ1) is 6.00. The van der Waals surface area contributed by atoms with Gasteiger partial charge in [-0.05, 0) is 48.7 Å². The molecule has 0 amide bonds. The third kappa shape index (κ3) is 6.24. The average Bonchev–Trinajstić information content (AvgIpc) is 2.24. The zero-order valence-corrected chi connectivity index (χ0v) is 9.52. The van der Waals surface area contributed by atoms with Gasteiger partial charge in [-0.25, -0.2) is 0 Å². The van der Waals surface area contributed by atoms with Crippen molar-refractivity contribution in [2.24, 2.45) is 0 Å². The number of hydrogen-bond acceptors (Lipinski definition) is 2. The van der Waals surface area contributed by atoms with Crippen molar-refractivity contribution in [1.29, 1.82) is 0 Å². The molecule has 72 valence electrons. The van der Waals surface area contributed by atoms with Crippen LogP contribution in [0.3, 0.4) is 0 Å². The van der Waals surface area contributed by atoms with E-state index < -0.39 is 0 Å². The minimum Gasteiger partial charge on any atom is -0.162 e. The minimum absolute atomic E-state index is 1.42. The fourth-order valence-corrected chi connectivity index (χ4v) is 3.42. The molecule has 0 unspecified atom stereocenters. The fraction of sp³-hybridized carbons (Fsp3) is 1.00. The van der Waals surface area contributed by atoms with Crippen molar-refractivity contribution in [3.05, 3.63) is 0 Å². The SMILES string of the molecule is C1CCSCC1.C1CCSCC1. The number of thioether (sulfide) groups is 2. The Kier molecular flexibility index (Phi) is 7.46. The Morgan fingerprint density at radius 3 is 0.833 bits per heavy atom. The third-order valence-electron chi connectivity index (χ3n) is 2.15. The highest BCUT2D eigenvalue weighted by molar-refractivity contribution is 7.99. The molecule has 2 fully saturated rings. The van der Waals surface area contributed by atoms with Crippen LogP contribution in [0.1, 0.15) is 38.5 Å². The van der Waals surface area contributed by atoms with Crippen LogP contribution in [0.25, 0.3) is 0 Å². The average molecular weight is 204 g/mol. The first-order valence-corrected chi connectivity index (χ1v) is 7.46. The lowest BCUT2D eigenvalue weighted by Crippen LogP contribution is -1.91. The van der Waals surface area contributed by atoms with Crippen LogP contribution in [0.4, 0.5) is 0 Å². The summed E-state index contributed by atoms with van der Waals surface area (Å²) in [6.07, 6.45) is 8.81. The molecule has 2 heteroatoms. The summed E-state index contributed by atoms with van der Waals surface area (Å²) in [6, 6.07) is 0. The van der Waals surface area contributed by atoms with E-state index in [0.29, 0.717) is 0 Å². The molecule has 0 aromatic heterocycles. The molecule has 2 saturated heterocycles. The Labute approximate surface area is 85.3 Å². The number of hydrogen-bond donors (Lipinski definition) is 0. The van der Waals surface area contributed by atoms with Gasteiger partial charge in [0, 0.05) is 0 Å². The van der Waals surface area contributed by atoms with Crippen molar-refractivity contribution in [2.75, 3.05) is 23.0 Å². The lowest BCUT2D eigenvalue weighted by atomic mass is 10.3. The van der Waals surface area contributed by atoms with Crippen LogP contribution in [0.15, 0.2) is 0 Å². The molecule has 0 aromatic carbocycles. The second-order valence-electron chi connectivity index (χ2n) is 3.35. The predicted octanol–water partition coefficient (Wildman–Crippen LogP) is 3.81. The summed E-state index contributed by atoms with van der Waals surface area (Å²) in [5.74, 6) is 5.67. The summed E-state index contributed by atoms with van der Waals surface area (Å²) >= 11 is 4.19. The van der Waals surface area contributed by atoms with E-state index in [0.717, 1.165) is 0 Å². The first kappa shape index (κ1) is 10.8. The van der Waals surface area contributed by atoms with Gasteiger partial charge in [0.15, 0.2) is 0 Å². The molecule has 12 heavy (non-hydrogen) atoms. The van der Waals surface area contributed by atoms with Crippen molar-refractivity contribution in [3.63, 3.8) is 0 Å². The van der Waals surface area contributed by atoms with Gasteiger partial charge in [0.05, 0.1) is 0 Å². The zero-order chi connectivity index (χ0) is 8.49. The smallest absolute Gasteiger partial charge is 0.00675 e. The lowest BCUT2D eigenvalue weighted by molar-refractivity contribution is 0.764. The monoisotopic (exact) mass is 204 g/mol. The molecular weight excluding hydrogens is 184 g/mol. The van der Waals surface area contributed by atoms with Crippen molar-refractivity contribution >= 4 is 23.5 Å². The highest BCUT2D eigenvalue weighted by atomic mass is 32.2. The van der Waals surface area contributed by atoms with Crippen LogP contribution >= 0.6 is 23.5 Å². The molecule has 0 aromatic rings. The van der Waals surface area contributed by atoms with Crippen LogP contribution in [0, 0.1) is 0 Å². The lowest BCUT2D eigenvalue weighted by Gasteiger charge is -2.05. The van der Waals surface area contributed by atoms with E-state index >= 15 is 0 Å². The second-order valence-corrected chi connectivity index (χ2v) is 5.80. The largest absolute Gasteiger partial charge is 0.162 e. The normalized spacial score (nSPS) is 24.0. The van der Waals surface area contributed by atoms with E-state index in [1.54, 1.807) is 0 Å². The number of rotatable bonds is 0. The van der Waals surface area contributed by atoms with Crippen molar-refractivity contribution < 1.29 is 0 Å². The van der Waals surface area contributed by atoms with Gasteiger partial charge in [0.1, 0.15) is 0 Å². The molecule has 0 saturated carbocycles. The Morgan fingerprint density at radius 1 is 0.417 bits per heavy atom. The van der Waals surface area contributed by atoms with Crippen LogP contribution < -0.4 is 0 Å². The van der Waals surface area contributed by atoms with Crippen molar-refractivity contribution in [1.82, 2.24) is 0 Å². The van der Waals surface area contributed by atoms with E-state index in [1.165, 1.54) is 61.5 Å². The van der Waals surface area contributed by atoms with Gasteiger partial charge in [-0.1, -0.05) is 12.8 Å². The molecule has 0 nitrogen and oxygen atoms in total. The van der Waals surface area contributed by atoms with Crippen molar-refractivity contribution in [2.45, 2.75) is 38.5 Å². The Bertz CT molecular complexity index is 50.8. The van der Waals surface area contributed by atoms with Gasteiger partial charge in [-0.15, -0.1) is 0 Å². The van der Waals surface area contributed by atoms with Crippen LogP contribution in [0.5, 0.6) is 0 Å². The summed E-state index contributed by atoms with van der Waals surface area (Å²) in [5.41, 5.74) is 0. The topological polar surface area (TPSA) is 0 Å². The third-order valence-corrected chi connectivity index (χ3v) is 4.46. The van der Waals surface area contributed by atoms with Gasteiger partial charge in [-0.2, -0.15) is 23.5 Å². The molecule has 0 bridgehead atoms. The van der Waals surface area contributed by atoms with Gasteiger partial charge < -0.3 is 0 Å². The summed E-state index contributed by atoms with van der Waals surface area (Å²) in [4.78, 5) is 0. The Balaban J connectivity index is 0.000000120. The van der Waals surface area contributed by atoms with Gasteiger partial charge in [0.25, 0.3) is 0 Å². The van der Waals surface area contributed by atoms with Gasteiger partial charge in [0.2, 0.25) is 0 Å². The summed E-state index contributed by atoms with van der Waals surface area (Å²) in [7, 11) is 0. The van der Waals surface area contributed by atoms with E-state index in [4.69, 9.17) is 0 Å². The maximum absolute atomic E-state index is 2.09. The molecule has 0 N–H and O–H groups in total. The highest BCUT2D eigenvalue weighted by Gasteiger charge is 1.96. The fourth-order valence-electron chi connectivity index (χ4n) is 1.37. The molecule has 0 spiro atoms. The van der Waals surface area contributed by atoms with E-state index in [1.807, 2.05) is 0 Å². The summed E-state index contributed by atoms with van der Waals surface area (Å²) in [6.45, 7) is 0. The van der Waals surface area contributed by atoms with Crippen molar-refractivity contribution in [3.8, 4) is 0 Å². The first-order valence-electron chi connectivity index (χ1n) is 5.15. The highest BCUT2D eigenvalue weighted by Crippen LogP contribution is 2.15. The summed E-state index contributed by atoms with van der Waals surface area (Å²) in [5, 5.41) is 0. The van der Waals surface area contributed by atoms with E-state index in [-0.39, 0.29) is 0 Å². The van der Waals surface area contributed by atoms with Gasteiger partial charge in [-0.3, -0.25) is 0 Å². The maximum atomic E-state index is 2.09. The Hall–Kier alpha value is 0.700. The molecule has 2 rings (SSSR count). The van der Waals surface area contributed by atoms with Crippen LogP contribution in [0.2, 0.25) is 0 Å². The molecular formula is C10H20S2. The molecule has 2 aliphatic heterocycles. The predicted molar refractivity (Wildman–Crippen MR) is 62.4 cm³/mol. The molecule has 0 atom stereocenters. The minimum atomic E-state index is 1.42. The van der Waals surface area contributed by atoms with E-state index in [9.17, 15) is 0 Å². The van der Waals surface area contributed by atoms with Crippen LogP contribution in [-0.4, -0.2) is 23.0 Å². The molecule has 2 aliphatic rings. The quantitative estimate of drug-likeness (QED) is 0.588. The molecule has 0 aliphatic carbocycles. The van der Waals surface area contributed by atoms with Crippen LogP contribution in [-0.2, 0) is 0 Å². The maximum Gasteiger partial charge on any atom is -0.00675 e. The molecule has 0 radical (unpaired) electrons. The summed E-state index contributed by atoms with van der Waals surface area (Å²) < 4.78 is 0. The van der Waals surface area contributed by atoms with E-state index in [2.05, 4.69) is 23.5 Å². The second kappa shape index (κ2) is 8.31. The zero-order valence-electron chi connectivity index (χ0n) is 7.89. The Morgan fingerprint density at radius 2 is 0.750 bits per heavy atom.